The maximum Gasteiger partial charge on any atom is 0.341 e. The van der Waals surface area contributed by atoms with Crippen LogP contribution in [0.2, 0.25) is 0 Å². The lowest BCUT2D eigenvalue weighted by Gasteiger charge is -2.11. The lowest BCUT2D eigenvalue weighted by molar-refractivity contribution is 0.0598. The molecule has 0 aliphatic heterocycles. The molecule has 0 aliphatic rings. The van der Waals surface area contributed by atoms with E-state index in [1.807, 2.05) is 0 Å². The summed E-state index contributed by atoms with van der Waals surface area (Å²) in [5, 5.41) is 11.4. The molecular weight excluding hydrogens is 248 g/mol. The second-order valence-electron chi connectivity index (χ2n) is 3.88. The first-order chi connectivity index (χ1) is 9.12. The largest absolute Gasteiger partial charge is 0.506 e. The third kappa shape index (κ3) is 2.14. The van der Waals surface area contributed by atoms with Gasteiger partial charge < -0.3 is 19.3 Å². The van der Waals surface area contributed by atoms with Gasteiger partial charge in [0.1, 0.15) is 11.3 Å². The third-order valence-corrected chi connectivity index (χ3v) is 2.90. The van der Waals surface area contributed by atoms with E-state index in [1.165, 1.54) is 27.4 Å². The number of hydrogen-bond acceptors (Lipinski definition) is 5. The van der Waals surface area contributed by atoms with Gasteiger partial charge in [0, 0.05) is 5.39 Å². The van der Waals surface area contributed by atoms with Crippen molar-refractivity contribution in [2.45, 2.75) is 0 Å². The molecule has 1 N–H and O–H groups in total. The zero-order valence-electron chi connectivity index (χ0n) is 10.9. The number of esters is 1. The Balaban J connectivity index is 2.72. The van der Waals surface area contributed by atoms with Crippen molar-refractivity contribution in [3.05, 3.63) is 29.8 Å². The first kappa shape index (κ1) is 13.0. The van der Waals surface area contributed by atoms with Gasteiger partial charge in [0.25, 0.3) is 0 Å². The zero-order chi connectivity index (χ0) is 14.0. The normalized spacial score (nSPS) is 10.3. The van der Waals surface area contributed by atoms with Gasteiger partial charge in [-0.3, -0.25) is 0 Å². The number of rotatable bonds is 3. The lowest BCUT2D eigenvalue weighted by Crippen LogP contribution is -2.01. The number of benzene rings is 2. The first-order valence-electron chi connectivity index (χ1n) is 5.58. The fourth-order valence-electron chi connectivity index (χ4n) is 1.91. The first-order valence-corrected chi connectivity index (χ1v) is 5.58. The van der Waals surface area contributed by atoms with E-state index in [4.69, 9.17) is 9.47 Å². The minimum Gasteiger partial charge on any atom is -0.506 e. The summed E-state index contributed by atoms with van der Waals surface area (Å²) in [7, 11) is 4.30. The van der Waals surface area contributed by atoms with Crippen LogP contribution in [0.5, 0.6) is 17.2 Å². The quantitative estimate of drug-likeness (QED) is 0.860. The minimum atomic E-state index is -0.589. The molecule has 5 nitrogen and oxygen atoms in total. The van der Waals surface area contributed by atoms with Crippen LogP contribution >= 0.6 is 0 Å². The van der Waals surface area contributed by atoms with Crippen LogP contribution in [0.4, 0.5) is 0 Å². The van der Waals surface area contributed by atoms with E-state index < -0.39 is 5.97 Å². The average molecular weight is 262 g/mol. The molecule has 100 valence electrons. The number of aromatic hydroxyl groups is 1. The van der Waals surface area contributed by atoms with Crippen molar-refractivity contribution in [1.29, 1.82) is 0 Å². The van der Waals surface area contributed by atoms with Crippen molar-refractivity contribution in [3.63, 3.8) is 0 Å². The van der Waals surface area contributed by atoms with Gasteiger partial charge in [-0.15, -0.1) is 0 Å². The zero-order valence-corrected chi connectivity index (χ0v) is 10.9. The molecular formula is C14H14O5. The summed E-state index contributed by atoms with van der Waals surface area (Å²) in [6, 6.07) is 6.57. The molecule has 19 heavy (non-hydrogen) atoms. The number of methoxy groups -OCH3 is 3. The summed E-state index contributed by atoms with van der Waals surface area (Å²) in [6.45, 7) is 0. The van der Waals surface area contributed by atoms with Crippen molar-refractivity contribution in [2.24, 2.45) is 0 Å². The Hall–Kier alpha value is -2.43. The topological polar surface area (TPSA) is 65.0 Å². The maximum atomic E-state index is 11.5. The standard InChI is InChI=1S/C14H14O5/c1-17-11-6-8-4-5-9(14(16)19-3)13(15)10(8)7-12(11)18-2/h4-7,15H,1-3H3. The molecule has 0 unspecified atom stereocenters. The Kier molecular flexibility index (Phi) is 3.46. The number of phenolic OH excluding ortho intramolecular Hbond substituents is 1. The summed E-state index contributed by atoms with van der Waals surface area (Å²) >= 11 is 0. The molecule has 5 heteroatoms. The Morgan fingerprint density at radius 2 is 1.68 bits per heavy atom. The second kappa shape index (κ2) is 5.06. The molecule has 0 aliphatic carbocycles. The fraction of sp³-hybridized carbons (Fsp3) is 0.214. The molecule has 0 saturated carbocycles. The highest BCUT2D eigenvalue weighted by Gasteiger charge is 2.16. The SMILES string of the molecule is COC(=O)c1ccc2cc(OC)c(OC)cc2c1O. The van der Waals surface area contributed by atoms with Crippen LogP contribution < -0.4 is 9.47 Å². The third-order valence-electron chi connectivity index (χ3n) is 2.90. The summed E-state index contributed by atoms with van der Waals surface area (Å²) < 4.78 is 15.0. The van der Waals surface area contributed by atoms with Crippen LogP contribution in [-0.2, 0) is 4.74 Å². The van der Waals surface area contributed by atoms with Gasteiger partial charge in [-0.2, -0.15) is 0 Å². The predicted octanol–water partition coefficient (Wildman–Crippen LogP) is 2.35. The number of carbonyl (C=O) groups excluding carboxylic acids is 1. The molecule has 0 atom stereocenters. The van der Waals surface area contributed by atoms with Crippen molar-refractivity contribution in [2.75, 3.05) is 21.3 Å². The van der Waals surface area contributed by atoms with Crippen molar-refractivity contribution < 1.29 is 24.1 Å². The predicted molar refractivity (Wildman–Crippen MR) is 70.1 cm³/mol. The van der Waals surface area contributed by atoms with Crippen LogP contribution in [-0.4, -0.2) is 32.4 Å². The van der Waals surface area contributed by atoms with Gasteiger partial charge >= 0.3 is 5.97 Å². The molecule has 0 heterocycles. The molecule has 0 bridgehead atoms. The van der Waals surface area contributed by atoms with Gasteiger partial charge in [0.2, 0.25) is 0 Å². The molecule has 0 fully saturated rings. The minimum absolute atomic E-state index is 0.113. The summed E-state index contributed by atoms with van der Waals surface area (Å²) in [4.78, 5) is 11.5. The smallest absolute Gasteiger partial charge is 0.341 e. The second-order valence-corrected chi connectivity index (χ2v) is 3.88. The van der Waals surface area contributed by atoms with Crippen LogP contribution in [0.3, 0.4) is 0 Å². The molecule has 0 aromatic heterocycles. The van der Waals surface area contributed by atoms with E-state index in [2.05, 4.69) is 4.74 Å². The van der Waals surface area contributed by atoms with Gasteiger partial charge in [0.15, 0.2) is 11.5 Å². The van der Waals surface area contributed by atoms with Crippen LogP contribution in [0.15, 0.2) is 24.3 Å². The molecule has 0 spiro atoms. The van der Waals surface area contributed by atoms with Gasteiger partial charge in [0.05, 0.1) is 21.3 Å². The molecule has 0 amide bonds. The molecule has 2 aromatic rings. The number of hydrogen-bond donors (Lipinski definition) is 1. The van der Waals surface area contributed by atoms with Crippen LogP contribution in [0, 0.1) is 0 Å². The van der Waals surface area contributed by atoms with Crippen LogP contribution in [0.25, 0.3) is 10.8 Å². The van der Waals surface area contributed by atoms with E-state index in [0.717, 1.165) is 5.39 Å². The van der Waals surface area contributed by atoms with E-state index in [-0.39, 0.29) is 11.3 Å². The highest BCUT2D eigenvalue weighted by molar-refractivity contribution is 6.02. The van der Waals surface area contributed by atoms with Crippen molar-refractivity contribution >= 4 is 16.7 Å². The number of carbonyl (C=O) groups is 1. The fourth-order valence-corrected chi connectivity index (χ4v) is 1.91. The number of phenols is 1. The van der Waals surface area contributed by atoms with Crippen molar-refractivity contribution in [1.82, 2.24) is 0 Å². The lowest BCUT2D eigenvalue weighted by atomic mass is 10.0. The number of ether oxygens (including phenoxy) is 3. The Morgan fingerprint density at radius 3 is 2.26 bits per heavy atom. The van der Waals surface area contributed by atoms with Gasteiger partial charge in [-0.05, 0) is 23.6 Å². The van der Waals surface area contributed by atoms with E-state index in [1.54, 1.807) is 18.2 Å². The Labute approximate surface area is 110 Å². The van der Waals surface area contributed by atoms with E-state index >= 15 is 0 Å². The monoisotopic (exact) mass is 262 g/mol. The highest BCUT2D eigenvalue weighted by atomic mass is 16.5. The van der Waals surface area contributed by atoms with E-state index in [0.29, 0.717) is 16.9 Å². The van der Waals surface area contributed by atoms with Gasteiger partial charge in [-0.1, -0.05) is 6.07 Å². The summed E-state index contributed by atoms with van der Waals surface area (Å²) in [5.74, 6) is 0.312. The molecule has 0 saturated heterocycles. The van der Waals surface area contributed by atoms with Crippen LogP contribution in [0.1, 0.15) is 10.4 Å². The van der Waals surface area contributed by atoms with E-state index in [9.17, 15) is 9.90 Å². The van der Waals surface area contributed by atoms with Crippen molar-refractivity contribution in [3.8, 4) is 17.2 Å². The average Bonchev–Trinajstić information content (AvgIpc) is 2.45. The van der Waals surface area contributed by atoms with Gasteiger partial charge in [-0.25, -0.2) is 4.79 Å². The number of fused-ring (bicyclic) bond motifs is 1. The summed E-state index contributed by atoms with van der Waals surface area (Å²) in [6.07, 6.45) is 0. The summed E-state index contributed by atoms with van der Waals surface area (Å²) in [5.41, 5.74) is 0.113. The highest BCUT2D eigenvalue weighted by Crippen LogP contribution is 2.37. The molecule has 0 radical (unpaired) electrons. The molecule has 2 aromatic carbocycles. The Bertz CT molecular complexity index is 633. The Morgan fingerprint density at radius 1 is 1.05 bits per heavy atom. The molecule has 2 rings (SSSR count). The maximum absolute atomic E-state index is 11.5.